The number of hydrogen-bond acceptors (Lipinski definition) is 2. The van der Waals surface area contributed by atoms with Crippen molar-refractivity contribution in [1.82, 2.24) is 0 Å². The molecule has 0 unspecified atom stereocenters. The second-order valence-electron chi connectivity index (χ2n) is 4.56. The Bertz CT molecular complexity index is 623. The van der Waals surface area contributed by atoms with Gasteiger partial charge in [-0.15, -0.1) is 6.58 Å². The Labute approximate surface area is 133 Å². The topological polar surface area (TPSA) is 41.1 Å². The molecule has 0 bridgehead atoms. The monoisotopic (exact) mass is 344 g/mol. The van der Waals surface area contributed by atoms with Crippen LogP contribution in [-0.4, -0.2) is 12.5 Å². The van der Waals surface area contributed by atoms with Crippen molar-refractivity contribution in [3.63, 3.8) is 0 Å². The Kier molecular flexibility index (Phi) is 5.58. The van der Waals surface area contributed by atoms with E-state index in [1.807, 2.05) is 48.5 Å². The summed E-state index contributed by atoms with van der Waals surface area (Å²) in [6.07, 6.45) is 2.14. The number of anilines is 2. The van der Waals surface area contributed by atoms with Crippen molar-refractivity contribution in [2.45, 2.75) is 6.42 Å². The number of benzene rings is 2. The van der Waals surface area contributed by atoms with E-state index in [0.29, 0.717) is 13.0 Å². The molecule has 0 heterocycles. The molecule has 21 heavy (non-hydrogen) atoms. The van der Waals surface area contributed by atoms with E-state index in [9.17, 15) is 4.79 Å². The van der Waals surface area contributed by atoms with Gasteiger partial charge in [-0.25, -0.2) is 0 Å². The third-order valence-corrected chi connectivity index (χ3v) is 3.70. The van der Waals surface area contributed by atoms with Crippen LogP contribution in [0.2, 0.25) is 0 Å². The molecule has 0 saturated carbocycles. The van der Waals surface area contributed by atoms with Crippen molar-refractivity contribution >= 4 is 33.2 Å². The lowest BCUT2D eigenvalue weighted by Crippen LogP contribution is -2.14. The first-order valence-electron chi connectivity index (χ1n) is 6.67. The molecule has 0 spiro atoms. The minimum Gasteiger partial charge on any atom is -0.382 e. The molecule has 2 rings (SSSR count). The number of rotatable bonds is 6. The Morgan fingerprint density at radius 2 is 1.76 bits per heavy atom. The maximum Gasteiger partial charge on any atom is 0.228 e. The van der Waals surface area contributed by atoms with Gasteiger partial charge in [0.1, 0.15) is 0 Å². The van der Waals surface area contributed by atoms with Crippen LogP contribution in [0.25, 0.3) is 0 Å². The second-order valence-corrected chi connectivity index (χ2v) is 5.42. The summed E-state index contributed by atoms with van der Waals surface area (Å²) < 4.78 is 0.948. The molecule has 4 heteroatoms. The van der Waals surface area contributed by atoms with Gasteiger partial charge in [-0.1, -0.05) is 40.2 Å². The van der Waals surface area contributed by atoms with Gasteiger partial charge in [0.15, 0.2) is 0 Å². The number of amides is 1. The molecule has 3 nitrogen and oxygen atoms in total. The van der Waals surface area contributed by atoms with E-state index < -0.39 is 0 Å². The van der Waals surface area contributed by atoms with Gasteiger partial charge in [0.25, 0.3) is 0 Å². The summed E-state index contributed by atoms with van der Waals surface area (Å²) in [4.78, 5) is 12.0. The Morgan fingerprint density at radius 1 is 1.10 bits per heavy atom. The molecule has 0 aliphatic carbocycles. The van der Waals surface area contributed by atoms with Crippen LogP contribution in [0.1, 0.15) is 5.56 Å². The van der Waals surface area contributed by atoms with Crippen molar-refractivity contribution in [2.75, 3.05) is 17.2 Å². The lowest BCUT2D eigenvalue weighted by molar-refractivity contribution is -0.115. The highest BCUT2D eigenvalue weighted by Crippen LogP contribution is 2.18. The zero-order valence-electron chi connectivity index (χ0n) is 11.6. The molecular weight excluding hydrogens is 328 g/mol. The average molecular weight is 345 g/mol. The van der Waals surface area contributed by atoms with E-state index in [-0.39, 0.29) is 5.91 Å². The fourth-order valence-electron chi connectivity index (χ4n) is 1.88. The smallest absolute Gasteiger partial charge is 0.228 e. The van der Waals surface area contributed by atoms with Crippen LogP contribution in [0.5, 0.6) is 0 Å². The summed E-state index contributed by atoms with van der Waals surface area (Å²) in [5.74, 6) is -0.0336. The van der Waals surface area contributed by atoms with Crippen LogP contribution in [0.4, 0.5) is 11.4 Å². The summed E-state index contributed by atoms with van der Waals surface area (Å²) in [6.45, 7) is 4.37. The lowest BCUT2D eigenvalue weighted by Gasteiger charge is -2.08. The van der Waals surface area contributed by atoms with Gasteiger partial charge in [-0.3, -0.25) is 4.79 Å². The Hall–Kier alpha value is -2.07. The zero-order chi connectivity index (χ0) is 15.1. The standard InChI is InChI=1S/C17H17BrN2O/c1-2-11-19-14-7-9-15(10-8-14)20-17(21)12-13-5-3-4-6-16(13)18/h2-10,19H,1,11-12H2,(H,20,21). The van der Waals surface area contributed by atoms with Crippen LogP contribution in [0.3, 0.4) is 0 Å². The van der Waals surface area contributed by atoms with Crippen molar-refractivity contribution in [3.8, 4) is 0 Å². The quantitative estimate of drug-likeness (QED) is 0.770. The van der Waals surface area contributed by atoms with Crippen molar-refractivity contribution in [1.29, 1.82) is 0 Å². The molecule has 2 aromatic rings. The summed E-state index contributed by atoms with van der Waals surface area (Å²) in [6, 6.07) is 15.3. The molecule has 0 fully saturated rings. The predicted octanol–water partition coefficient (Wildman–Crippen LogP) is 4.23. The van der Waals surface area contributed by atoms with Crippen LogP contribution < -0.4 is 10.6 Å². The Morgan fingerprint density at radius 3 is 2.43 bits per heavy atom. The van der Waals surface area contributed by atoms with E-state index in [1.165, 1.54) is 0 Å². The normalized spacial score (nSPS) is 9.95. The van der Waals surface area contributed by atoms with Crippen LogP contribution in [-0.2, 0) is 11.2 Å². The van der Waals surface area contributed by atoms with Gasteiger partial charge in [0.2, 0.25) is 5.91 Å². The summed E-state index contributed by atoms with van der Waals surface area (Å²) in [7, 11) is 0. The maximum absolute atomic E-state index is 12.0. The molecule has 108 valence electrons. The van der Waals surface area contributed by atoms with Gasteiger partial charge in [0.05, 0.1) is 6.42 Å². The lowest BCUT2D eigenvalue weighted by atomic mass is 10.1. The second kappa shape index (κ2) is 7.64. The maximum atomic E-state index is 12.0. The highest BCUT2D eigenvalue weighted by atomic mass is 79.9. The molecule has 0 saturated heterocycles. The zero-order valence-corrected chi connectivity index (χ0v) is 13.2. The molecular formula is C17H17BrN2O. The summed E-state index contributed by atoms with van der Waals surface area (Å²) in [5, 5.41) is 6.08. The van der Waals surface area contributed by atoms with Gasteiger partial charge in [-0.05, 0) is 35.9 Å². The Balaban J connectivity index is 1.93. The molecule has 1 amide bonds. The fraction of sp³-hybridized carbons (Fsp3) is 0.118. The summed E-state index contributed by atoms with van der Waals surface area (Å²) in [5.41, 5.74) is 2.76. The molecule has 2 N–H and O–H groups in total. The van der Waals surface area contributed by atoms with Crippen molar-refractivity contribution < 1.29 is 4.79 Å². The SMILES string of the molecule is C=CCNc1ccc(NC(=O)Cc2ccccc2Br)cc1. The minimum atomic E-state index is -0.0336. The molecule has 2 aromatic carbocycles. The largest absolute Gasteiger partial charge is 0.382 e. The fourth-order valence-corrected chi connectivity index (χ4v) is 2.31. The van der Waals surface area contributed by atoms with Gasteiger partial charge < -0.3 is 10.6 Å². The van der Waals surface area contributed by atoms with E-state index in [2.05, 4.69) is 33.1 Å². The van der Waals surface area contributed by atoms with Crippen LogP contribution in [0, 0.1) is 0 Å². The predicted molar refractivity (Wildman–Crippen MR) is 91.6 cm³/mol. The minimum absolute atomic E-state index is 0.0336. The van der Waals surface area contributed by atoms with E-state index >= 15 is 0 Å². The number of carbonyl (C=O) groups is 1. The number of nitrogens with one attached hydrogen (secondary N) is 2. The highest BCUT2D eigenvalue weighted by molar-refractivity contribution is 9.10. The number of carbonyl (C=O) groups excluding carboxylic acids is 1. The van der Waals surface area contributed by atoms with E-state index in [0.717, 1.165) is 21.4 Å². The first-order chi connectivity index (χ1) is 10.2. The third-order valence-electron chi connectivity index (χ3n) is 2.93. The van der Waals surface area contributed by atoms with Gasteiger partial charge in [0, 0.05) is 22.4 Å². The third kappa shape index (κ3) is 4.76. The highest BCUT2D eigenvalue weighted by Gasteiger charge is 2.06. The van der Waals surface area contributed by atoms with Crippen molar-refractivity contribution in [2.24, 2.45) is 0 Å². The van der Waals surface area contributed by atoms with Gasteiger partial charge in [-0.2, -0.15) is 0 Å². The van der Waals surface area contributed by atoms with Crippen molar-refractivity contribution in [3.05, 3.63) is 71.2 Å². The first-order valence-corrected chi connectivity index (χ1v) is 7.46. The van der Waals surface area contributed by atoms with Gasteiger partial charge >= 0.3 is 0 Å². The number of halogens is 1. The first kappa shape index (κ1) is 15.3. The molecule has 0 aliphatic heterocycles. The van der Waals surface area contributed by atoms with Crippen LogP contribution in [0.15, 0.2) is 65.7 Å². The van der Waals surface area contributed by atoms with E-state index in [1.54, 1.807) is 6.08 Å². The molecule has 0 atom stereocenters. The molecule has 0 radical (unpaired) electrons. The molecule has 0 aliphatic rings. The average Bonchev–Trinajstić information content (AvgIpc) is 2.49. The van der Waals surface area contributed by atoms with Crippen LogP contribution >= 0.6 is 15.9 Å². The number of hydrogen-bond donors (Lipinski definition) is 2. The summed E-state index contributed by atoms with van der Waals surface area (Å²) >= 11 is 3.45. The van der Waals surface area contributed by atoms with E-state index in [4.69, 9.17) is 0 Å². The molecule has 0 aromatic heterocycles.